The Morgan fingerprint density at radius 2 is 1.42 bits per heavy atom. The maximum Gasteiger partial charge on any atom is 1.00 e. The number of rotatable bonds is 7. The van der Waals surface area contributed by atoms with Gasteiger partial charge in [0.2, 0.25) is 0 Å². The Kier molecular flexibility index (Phi) is 30.2. The second-order valence-electron chi connectivity index (χ2n) is 2.08. The summed E-state index contributed by atoms with van der Waals surface area (Å²) in [5, 5.41) is 19.8. The molecule has 62 valence electrons. The van der Waals surface area contributed by atoms with Crippen LogP contribution in [0.25, 0.3) is 0 Å². The van der Waals surface area contributed by atoms with Crippen molar-refractivity contribution in [1.29, 1.82) is 0 Å². The minimum Gasteiger partial charge on any atom is -0.854 e. The maximum atomic E-state index is 9.93. The van der Waals surface area contributed by atoms with Gasteiger partial charge < -0.3 is 14.9 Å². The first-order valence-electron chi connectivity index (χ1n) is 3.65. The number of ether oxygens (including phenoxy) is 1. The molecule has 0 unspecified atom stereocenters. The van der Waals surface area contributed by atoms with Gasteiger partial charge in [-0.05, 0) is 6.42 Å². The SMILES string of the molecule is [Na+].[Na+].[O-]CCCCCOCC[O-]. The molecule has 0 fully saturated rings. The van der Waals surface area contributed by atoms with Crippen LogP contribution in [0.1, 0.15) is 19.3 Å². The zero-order valence-electron chi connectivity index (χ0n) is 8.17. The molecule has 3 nitrogen and oxygen atoms in total. The molecule has 0 atom stereocenters. The third kappa shape index (κ3) is 17.8. The fourth-order valence-corrected chi connectivity index (χ4v) is 0.644. The molecule has 0 N–H and O–H groups in total. The molecular formula is C7H14Na2O3. The fourth-order valence-electron chi connectivity index (χ4n) is 0.644. The molecule has 0 spiro atoms. The number of hydrogen-bond donors (Lipinski definition) is 0. The van der Waals surface area contributed by atoms with E-state index >= 15 is 0 Å². The van der Waals surface area contributed by atoms with Crippen LogP contribution in [-0.4, -0.2) is 26.4 Å². The third-order valence-corrected chi connectivity index (χ3v) is 1.16. The topological polar surface area (TPSA) is 55.3 Å². The van der Waals surface area contributed by atoms with Gasteiger partial charge in [0.15, 0.2) is 0 Å². The Balaban J connectivity index is -0.000000405. The second-order valence-corrected chi connectivity index (χ2v) is 2.08. The Morgan fingerprint density at radius 1 is 0.750 bits per heavy atom. The van der Waals surface area contributed by atoms with Crippen molar-refractivity contribution < 1.29 is 74.1 Å². The first-order valence-corrected chi connectivity index (χ1v) is 3.65. The predicted molar refractivity (Wildman–Crippen MR) is 34.4 cm³/mol. The minimum absolute atomic E-state index is 0. The van der Waals surface area contributed by atoms with Crippen molar-refractivity contribution >= 4 is 0 Å². The number of hydrogen-bond acceptors (Lipinski definition) is 3. The van der Waals surface area contributed by atoms with Gasteiger partial charge in [-0.1, -0.05) is 12.8 Å². The summed E-state index contributed by atoms with van der Waals surface area (Å²) in [7, 11) is 0. The molecule has 0 rings (SSSR count). The Morgan fingerprint density at radius 3 is 1.92 bits per heavy atom. The normalized spacial score (nSPS) is 8.50. The summed E-state index contributed by atoms with van der Waals surface area (Å²) in [4.78, 5) is 0. The van der Waals surface area contributed by atoms with Gasteiger partial charge in [-0.25, -0.2) is 0 Å². The second kappa shape index (κ2) is 18.6. The smallest absolute Gasteiger partial charge is 0.854 e. The van der Waals surface area contributed by atoms with Crippen LogP contribution in [-0.2, 0) is 4.74 Å². The molecule has 0 aliphatic rings. The zero-order valence-corrected chi connectivity index (χ0v) is 12.2. The van der Waals surface area contributed by atoms with E-state index in [1.807, 2.05) is 0 Å². The zero-order chi connectivity index (χ0) is 7.66. The van der Waals surface area contributed by atoms with Crippen molar-refractivity contribution in [3.63, 3.8) is 0 Å². The van der Waals surface area contributed by atoms with Crippen molar-refractivity contribution in [1.82, 2.24) is 0 Å². The summed E-state index contributed by atoms with van der Waals surface area (Å²) in [6.45, 7) is 0.767. The molecule has 0 aromatic rings. The first kappa shape index (κ1) is 19.5. The molecule has 0 aromatic heterocycles. The van der Waals surface area contributed by atoms with Gasteiger partial charge in [0.25, 0.3) is 0 Å². The molecule has 0 radical (unpaired) electrons. The first-order chi connectivity index (χ1) is 4.91. The average molecular weight is 192 g/mol. The molecule has 0 aromatic carbocycles. The quantitative estimate of drug-likeness (QED) is 0.297. The summed E-state index contributed by atoms with van der Waals surface area (Å²) in [6.07, 6.45) is 2.55. The van der Waals surface area contributed by atoms with E-state index in [-0.39, 0.29) is 72.3 Å². The third-order valence-electron chi connectivity index (χ3n) is 1.16. The standard InChI is InChI=1S/C7H14O3.2Na/c8-4-2-1-3-6-10-7-5-9;;/h1-7H2;;/q-2;2*+1. The van der Waals surface area contributed by atoms with Gasteiger partial charge in [-0.2, -0.15) is 0 Å². The molecule has 0 heterocycles. The van der Waals surface area contributed by atoms with E-state index in [4.69, 9.17) is 4.74 Å². The molecular weight excluding hydrogens is 178 g/mol. The predicted octanol–water partition coefficient (Wildman–Crippen LogP) is -7.10. The molecule has 5 heteroatoms. The Labute approximate surface area is 118 Å². The van der Waals surface area contributed by atoms with Crippen LogP contribution in [0, 0.1) is 0 Å². The average Bonchev–Trinajstić information content (AvgIpc) is 1.97. The van der Waals surface area contributed by atoms with Crippen molar-refractivity contribution in [3.8, 4) is 0 Å². The van der Waals surface area contributed by atoms with E-state index < -0.39 is 0 Å². The van der Waals surface area contributed by atoms with E-state index in [0.29, 0.717) is 13.2 Å². The van der Waals surface area contributed by atoms with E-state index in [0.717, 1.165) is 19.3 Å². The van der Waals surface area contributed by atoms with Crippen LogP contribution in [0.3, 0.4) is 0 Å². The summed E-state index contributed by atoms with van der Waals surface area (Å²) in [6, 6.07) is 0. The summed E-state index contributed by atoms with van der Waals surface area (Å²) in [5.74, 6) is 0. The number of unbranched alkanes of at least 4 members (excludes halogenated alkanes) is 2. The van der Waals surface area contributed by atoms with Gasteiger partial charge in [0.05, 0.1) is 0 Å². The van der Waals surface area contributed by atoms with Crippen molar-refractivity contribution in [2.75, 3.05) is 26.4 Å². The summed E-state index contributed by atoms with van der Waals surface area (Å²) >= 11 is 0. The van der Waals surface area contributed by atoms with Crippen LogP contribution in [0.4, 0.5) is 0 Å². The molecule has 0 aliphatic carbocycles. The molecule has 12 heavy (non-hydrogen) atoms. The monoisotopic (exact) mass is 192 g/mol. The van der Waals surface area contributed by atoms with Gasteiger partial charge >= 0.3 is 59.1 Å². The van der Waals surface area contributed by atoms with Crippen molar-refractivity contribution in [2.45, 2.75) is 19.3 Å². The summed E-state index contributed by atoms with van der Waals surface area (Å²) < 4.78 is 4.91. The van der Waals surface area contributed by atoms with E-state index in [9.17, 15) is 10.2 Å². The van der Waals surface area contributed by atoms with E-state index in [1.54, 1.807) is 0 Å². The minimum atomic E-state index is -0.165. The van der Waals surface area contributed by atoms with Gasteiger partial charge in [-0.3, -0.25) is 0 Å². The van der Waals surface area contributed by atoms with E-state index in [2.05, 4.69) is 0 Å². The summed E-state index contributed by atoms with van der Waals surface area (Å²) in [5.41, 5.74) is 0. The van der Waals surface area contributed by atoms with Crippen LogP contribution in [0.15, 0.2) is 0 Å². The largest absolute Gasteiger partial charge is 1.00 e. The van der Waals surface area contributed by atoms with Crippen LogP contribution in [0.5, 0.6) is 0 Å². The molecule has 0 saturated heterocycles. The molecule has 0 aliphatic heterocycles. The van der Waals surface area contributed by atoms with Gasteiger partial charge in [0, 0.05) is 13.2 Å². The Hall–Kier alpha value is 1.88. The van der Waals surface area contributed by atoms with E-state index in [1.165, 1.54) is 0 Å². The van der Waals surface area contributed by atoms with Crippen LogP contribution in [0.2, 0.25) is 0 Å². The molecule has 0 amide bonds. The molecule has 0 bridgehead atoms. The van der Waals surface area contributed by atoms with Gasteiger partial charge in [0.1, 0.15) is 0 Å². The van der Waals surface area contributed by atoms with Crippen molar-refractivity contribution in [3.05, 3.63) is 0 Å². The molecule has 0 saturated carbocycles. The Bertz CT molecular complexity index is 56.6. The van der Waals surface area contributed by atoms with Crippen LogP contribution >= 0.6 is 0 Å². The fraction of sp³-hybridized carbons (Fsp3) is 1.00. The maximum absolute atomic E-state index is 9.93. The van der Waals surface area contributed by atoms with Crippen molar-refractivity contribution in [2.24, 2.45) is 0 Å². The van der Waals surface area contributed by atoms with Gasteiger partial charge in [-0.15, -0.1) is 13.2 Å². The van der Waals surface area contributed by atoms with Crippen LogP contribution < -0.4 is 69.3 Å².